The number of nitrogens with one attached hydrogen (secondary N) is 2. The number of rotatable bonds is 3. The van der Waals surface area contributed by atoms with E-state index < -0.39 is 16.1 Å². The number of carbonyl (C=O) groups excluding carboxylic acids is 1. The molecule has 1 fully saturated rings. The van der Waals surface area contributed by atoms with Crippen LogP contribution in [0.3, 0.4) is 0 Å². The number of carbonyl (C=O) groups is 1. The molecular weight excluding hydrogens is 270 g/mol. The minimum Gasteiger partial charge on any atom is -0.353 e. The second-order valence-electron chi connectivity index (χ2n) is 4.22. The zero-order valence-corrected chi connectivity index (χ0v) is 11.2. The van der Waals surface area contributed by atoms with Gasteiger partial charge in [-0.05, 0) is 12.5 Å². The Hall–Kier alpha value is -1.67. The lowest BCUT2D eigenvalue weighted by Gasteiger charge is -2.33. The van der Waals surface area contributed by atoms with E-state index in [0.717, 1.165) is 12.3 Å². The third kappa shape index (κ3) is 2.54. The molecular formula is C11H15N3O4S. The Morgan fingerprint density at radius 3 is 2.68 bits per heavy atom. The van der Waals surface area contributed by atoms with Crippen LogP contribution in [0.1, 0.15) is 13.3 Å². The van der Waals surface area contributed by atoms with E-state index in [1.54, 1.807) is 6.92 Å². The average Bonchev–Trinajstić information content (AvgIpc) is 2.39. The Morgan fingerprint density at radius 2 is 2.11 bits per heavy atom. The molecule has 7 nitrogen and oxygen atoms in total. The van der Waals surface area contributed by atoms with Crippen LogP contribution in [0, 0.1) is 0 Å². The highest BCUT2D eigenvalue weighted by Crippen LogP contribution is 2.20. The third-order valence-corrected chi connectivity index (χ3v) is 4.93. The smallest absolute Gasteiger partial charge is 0.247 e. The van der Waals surface area contributed by atoms with Gasteiger partial charge in [-0.15, -0.1) is 0 Å². The van der Waals surface area contributed by atoms with Crippen LogP contribution >= 0.6 is 0 Å². The first-order valence-electron chi connectivity index (χ1n) is 5.95. The van der Waals surface area contributed by atoms with Gasteiger partial charge < -0.3 is 10.3 Å². The maximum atomic E-state index is 12.4. The predicted octanol–water partition coefficient (Wildman–Crippen LogP) is -0.726. The van der Waals surface area contributed by atoms with Crippen molar-refractivity contribution in [3.8, 4) is 0 Å². The first-order valence-corrected chi connectivity index (χ1v) is 7.39. The maximum absolute atomic E-state index is 12.4. The van der Waals surface area contributed by atoms with Gasteiger partial charge in [-0.2, -0.15) is 4.31 Å². The number of sulfonamides is 1. The van der Waals surface area contributed by atoms with Crippen LogP contribution in [-0.4, -0.2) is 42.7 Å². The zero-order chi connectivity index (χ0) is 14.0. The number of nitrogens with zero attached hydrogens (tertiary/aromatic N) is 1. The summed E-state index contributed by atoms with van der Waals surface area (Å²) < 4.78 is 26.1. The number of H-pyrrole nitrogens is 1. The number of hydrogen-bond acceptors (Lipinski definition) is 4. The Morgan fingerprint density at radius 1 is 1.37 bits per heavy atom. The lowest BCUT2D eigenvalue weighted by atomic mass is 10.2. The summed E-state index contributed by atoms with van der Waals surface area (Å²) in [5.74, 6) is -0.290. The van der Waals surface area contributed by atoms with Gasteiger partial charge in [0.15, 0.2) is 0 Å². The summed E-state index contributed by atoms with van der Waals surface area (Å²) in [5.41, 5.74) is -0.373. The van der Waals surface area contributed by atoms with E-state index in [1.807, 2.05) is 0 Å². The Bertz CT molecular complexity index is 617. The largest absolute Gasteiger partial charge is 0.353 e. The minimum atomic E-state index is -3.77. The second-order valence-corrected chi connectivity index (χ2v) is 6.11. The van der Waals surface area contributed by atoms with Crippen molar-refractivity contribution in [1.82, 2.24) is 14.6 Å². The van der Waals surface area contributed by atoms with Crippen molar-refractivity contribution in [2.45, 2.75) is 24.3 Å². The summed E-state index contributed by atoms with van der Waals surface area (Å²) >= 11 is 0. The fourth-order valence-corrected chi connectivity index (χ4v) is 3.69. The highest BCUT2D eigenvalue weighted by Gasteiger charge is 2.37. The quantitative estimate of drug-likeness (QED) is 0.765. The molecule has 0 spiro atoms. The van der Waals surface area contributed by atoms with Crippen molar-refractivity contribution >= 4 is 15.9 Å². The van der Waals surface area contributed by atoms with Crippen LogP contribution in [0.4, 0.5) is 0 Å². The molecule has 2 heterocycles. The van der Waals surface area contributed by atoms with Crippen molar-refractivity contribution < 1.29 is 13.2 Å². The van der Waals surface area contributed by atoms with Gasteiger partial charge in [-0.25, -0.2) is 8.42 Å². The summed E-state index contributed by atoms with van der Waals surface area (Å²) in [6, 6.07) is 1.69. The molecule has 1 aliphatic rings. The van der Waals surface area contributed by atoms with Gasteiger partial charge >= 0.3 is 0 Å². The molecule has 0 saturated carbocycles. The van der Waals surface area contributed by atoms with Gasteiger partial charge in [0, 0.05) is 25.4 Å². The number of amides is 1. The number of hydrogen-bond donors (Lipinski definition) is 2. The van der Waals surface area contributed by atoms with Crippen LogP contribution in [0.15, 0.2) is 28.0 Å². The Labute approximate surface area is 110 Å². The molecule has 0 aliphatic carbocycles. The van der Waals surface area contributed by atoms with Gasteiger partial charge in [0.2, 0.25) is 21.5 Å². The van der Waals surface area contributed by atoms with Crippen LogP contribution in [0.2, 0.25) is 0 Å². The van der Waals surface area contributed by atoms with Gasteiger partial charge in [-0.1, -0.05) is 6.92 Å². The van der Waals surface area contributed by atoms with Crippen LogP contribution in [0.5, 0.6) is 0 Å². The van der Waals surface area contributed by atoms with E-state index in [4.69, 9.17) is 0 Å². The van der Waals surface area contributed by atoms with E-state index in [9.17, 15) is 18.0 Å². The lowest BCUT2D eigenvalue weighted by molar-refractivity contribution is -0.126. The maximum Gasteiger partial charge on any atom is 0.247 e. The number of pyridine rings is 1. The molecule has 0 bridgehead atoms. The van der Waals surface area contributed by atoms with E-state index in [2.05, 4.69) is 10.3 Å². The summed E-state index contributed by atoms with van der Waals surface area (Å²) in [4.78, 5) is 25.0. The monoisotopic (exact) mass is 285 g/mol. The Kier molecular flexibility index (Phi) is 3.72. The summed E-state index contributed by atoms with van der Waals surface area (Å²) in [6.07, 6.45) is 1.55. The minimum absolute atomic E-state index is 0.0137. The van der Waals surface area contributed by atoms with E-state index in [0.29, 0.717) is 6.42 Å². The lowest BCUT2D eigenvalue weighted by Crippen LogP contribution is -2.56. The Balaban J connectivity index is 2.40. The highest BCUT2D eigenvalue weighted by molar-refractivity contribution is 7.89. The summed E-state index contributed by atoms with van der Waals surface area (Å²) in [6.45, 7) is 2.27. The van der Waals surface area contributed by atoms with Crippen molar-refractivity contribution in [2.24, 2.45) is 0 Å². The van der Waals surface area contributed by atoms with Crippen molar-refractivity contribution in [3.63, 3.8) is 0 Å². The SMILES string of the molecule is CCC1C(=O)NCCN1S(=O)(=O)c1ccc(=O)[nH]c1. The molecule has 104 valence electrons. The van der Waals surface area contributed by atoms with Crippen LogP contribution in [-0.2, 0) is 14.8 Å². The summed E-state index contributed by atoms with van der Waals surface area (Å²) in [7, 11) is -3.77. The molecule has 2 rings (SSSR count). The molecule has 0 radical (unpaired) electrons. The predicted molar refractivity (Wildman–Crippen MR) is 68.0 cm³/mol. The average molecular weight is 285 g/mol. The fraction of sp³-hybridized carbons (Fsp3) is 0.455. The molecule has 19 heavy (non-hydrogen) atoms. The number of aromatic nitrogens is 1. The normalized spacial score (nSPS) is 21.1. The zero-order valence-electron chi connectivity index (χ0n) is 10.4. The third-order valence-electron chi connectivity index (χ3n) is 3.03. The first kappa shape index (κ1) is 13.8. The molecule has 1 saturated heterocycles. The highest BCUT2D eigenvalue weighted by atomic mass is 32.2. The molecule has 8 heteroatoms. The number of piperazine rings is 1. The topological polar surface area (TPSA) is 99.3 Å². The van der Waals surface area contributed by atoms with Gasteiger partial charge in [0.1, 0.15) is 6.04 Å². The van der Waals surface area contributed by atoms with Crippen molar-refractivity contribution in [3.05, 3.63) is 28.7 Å². The van der Waals surface area contributed by atoms with Gasteiger partial charge in [-0.3, -0.25) is 9.59 Å². The van der Waals surface area contributed by atoms with E-state index in [1.165, 1.54) is 10.4 Å². The molecule has 1 aliphatic heterocycles. The fourth-order valence-electron chi connectivity index (χ4n) is 2.06. The molecule has 1 aromatic heterocycles. The van der Waals surface area contributed by atoms with Crippen molar-refractivity contribution in [1.29, 1.82) is 0 Å². The van der Waals surface area contributed by atoms with Crippen LogP contribution in [0.25, 0.3) is 0 Å². The molecule has 1 atom stereocenters. The van der Waals surface area contributed by atoms with Crippen LogP contribution < -0.4 is 10.9 Å². The molecule has 1 aromatic rings. The molecule has 1 amide bonds. The molecule has 0 aromatic carbocycles. The molecule has 1 unspecified atom stereocenters. The van der Waals surface area contributed by atoms with Crippen molar-refractivity contribution in [2.75, 3.05) is 13.1 Å². The molecule has 2 N–H and O–H groups in total. The van der Waals surface area contributed by atoms with Gasteiger partial charge in [0.05, 0.1) is 4.90 Å². The van der Waals surface area contributed by atoms with E-state index >= 15 is 0 Å². The van der Waals surface area contributed by atoms with Gasteiger partial charge in [0.25, 0.3) is 0 Å². The summed E-state index contributed by atoms with van der Waals surface area (Å²) in [5, 5.41) is 2.64. The standard InChI is InChI=1S/C11H15N3O4S/c1-2-9-11(16)12-5-6-14(9)19(17,18)8-3-4-10(15)13-7-8/h3-4,7,9H,2,5-6H2,1H3,(H,12,16)(H,13,15). The second kappa shape index (κ2) is 5.14. The first-order chi connectivity index (χ1) is 8.96. The number of aromatic amines is 1. The van der Waals surface area contributed by atoms with E-state index in [-0.39, 0.29) is 29.5 Å².